The molecular formula is C39H61N3O7S. The first-order valence-corrected chi connectivity index (χ1v) is 18.5. The first kappa shape index (κ1) is 32.0. The minimum atomic E-state index is -4.29. The molecule has 2 heterocycles. The van der Waals surface area contributed by atoms with Crippen LogP contribution in [0.2, 0.25) is 0 Å². The van der Waals surface area contributed by atoms with Crippen LogP contribution in [-0.2, 0) is 29.0 Å². The number of aryl methyl sites for hydroxylation is 2. The van der Waals surface area contributed by atoms with Crippen molar-refractivity contribution in [3.05, 3.63) is 59.2 Å². The Bertz CT molecular complexity index is 1930. The molecular weight excluding hydrogens is 655 g/mol. The molecule has 50 heavy (non-hydrogen) atoms. The van der Waals surface area contributed by atoms with E-state index < -0.39 is 81.4 Å². The SMILES string of the molecule is [2H]C1([2H])O[C@]2(C)OC(C)(C)[C@]([2H])(OC(=O)N[C@@H](C(C)c3ccccc3C)[C@@H](CN(C(C)(C)C(C)(C)C(C)C)S(=O)(=O)c3ccc(N)cc3C)OC)[C@]2([2H])C1([2H])[2H]. The number of nitrogens with one attached hydrogen (secondary N) is 1. The Kier molecular flexibility index (Phi) is 9.20. The summed E-state index contributed by atoms with van der Waals surface area (Å²) in [4.78, 5) is 14.4. The van der Waals surface area contributed by atoms with Gasteiger partial charge in [0.15, 0.2) is 5.79 Å². The highest BCUT2D eigenvalue weighted by Gasteiger charge is 2.61. The van der Waals surface area contributed by atoms with Gasteiger partial charge in [-0.3, -0.25) is 0 Å². The Hall–Kier alpha value is -2.70. The van der Waals surface area contributed by atoms with E-state index in [4.69, 9.17) is 30.2 Å². The van der Waals surface area contributed by atoms with Gasteiger partial charge in [0.25, 0.3) is 0 Å². The number of carbonyl (C=O) groups is 1. The molecule has 1 unspecified atom stereocenters. The second-order valence-electron chi connectivity index (χ2n) is 15.6. The molecule has 280 valence electrons. The second kappa shape index (κ2) is 14.4. The summed E-state index contributed by atoms with van der Waals surface area (Å²) in [6.45, 7) is 17.7. The van der Waals surface area contributed by atoms with Crippen molar-refractivity contribution < 1.29 is 40.4 Å². The van der Waals surface area contributed by atoms with E-state index in [1.54, 1.807) is 13.0 Å². The van der Waals surface area contributed by atoms with Gasteiger partial charge in [-0.15, -0.1) is 0 Å². The van der Waals surface area contributed by atoms with Crippen LogP contribution in [0.1, 0.15) is 106 Å². The van der Waals surface area contributed by atoms with E-state index in [0.717, 1.165) is 18.1 Å². The van der Waals surface area contributed by atoms with Crippen LogP contribution in [0.25, 0.3) is 0 Å². The Labute approximate surface area is 309 Å². The molecule has 4 rings (SSSR count). The number of fused-ring (bicyclic) bond motifs is 1. The minimum absolute atomic E-state index is 0.0125. The molecule has 2 aromatic carbocycles. The zero-order valence-electron chi connectivity index (χ0n) is 37.8. The molecule has 2 aliphatic rings. The number of benzene rings is 2. The number of anilines is 1. The molecule has 2 saturated heterocycles. The maximum Gasteiger partial charge on any atom is 0.407 e. The third kappa shape index (κ3) is 7.44. The first-order chi connectivity index (χ1) is 25.2. The number of nitrogens with two attached hydrogens (primary N) is 1. The molecule has 0 aliphatic carbocycles. The van der Waals surface area contributed by atoms with Gasteiger partial charge < -0.3 is 30.0 Å². The number of hydrogen-bond donors (Lipinski definition) is 2. The first-order valence-electron chi connectivity index (χ1n) is 20.1. The third-order valence-electron chi connectivity index (χ3n) is 11.3. The van der Waals surface area contributed by atoms with Crippen LogP contribution in [0.5, 0.6) is 0 Å². The molecule has 3 N–H and O–H groups in total. The number of methoxy groups -OCH3 is 1. The number of nitrogens with zero attached hydrogens (tertiary/aromatic N) is 1. The minimum Gasteiger partial charge on any atom is -0.443 e. The largest absolute Gasteiger partial charge is 0.443 e. The summed E-state index contributed by atoms with van der Waals surface area (Å²) < 4.78 is 107. The third-order valence-corrected chi connectivity index (χ3v) is 13.5. The molecule has 2 fully saturated rings. The van der Waals surface area contributed by atoms with Gasteiger partial charge in [0.2, 0.25) is 10.0 Å². The summed E-state index contributed by atoms with van der Waals surface area (Å²) in [6.07, 6.45) is -8.40. The van der Waals surface area contributed by atoms with Gasteiger partial charge in [0.1, 0.15) is 11.7 Å². The number of alkyl carbamates (subject to hydrolysis) is 1. The van der Waals surface area contributed by atoms with Crippen molar-refractivity contribution in [2.45, 2.75) is 135 Å². The predicted octanol–water partition coefficient (Wildman–Crippen LogP) is 7.18. The van der Waals surface area contributed by atoms with Crippen molar-refractivity contribution in [1.82, 2.24) is 9.62 Å². The van der Waals surface area contributed by atoms with Gasteiger partial charge in [-0.1, -0.05) is 58.9 Å². The van der Waals surface area contributed by atoms with E-state index in [2.05, 4.69) is 5.32 Å². The summed E-state index contributed by atoms with van der Waals surface area (Å²) >= 11 is 0. The fraction of sp³-hybridized carbons (Fsp3) is 0.667. The summed E-state index contributed by atoms with van der Waals surface area (Å²) in [6, 6.07) is 11.0. The van der Waals surface area contributed by atoms with Crippen LogP contribution in [0, 0.1) is 31.1 Å². The van der Waals surface area contributed by atoms with Crippen molar-refractivity contribution >= 4 is 21.8 Å². The standard InChI is InChI=1S/C39H61N3O7S/c1-24(2)36(6,7)38(10,11)42(50(44,45)32-19-18-28(40)22-26(32)4)23-31(46-13)33(27(5)29-17-15-14-16-25(29)3)41-35(43)48-34-30-20-21-47-39(30,12)49-37(34,8)9/h14-19,22,24,27,30-31,33-34H,20-21,23,40H2,1-13H3,(H,41,43)/t27?,30-,31+,33-,34+,39+/m0/s1/i20D2,21D2,30D,34D. The fourth-order valence-electron chi connectivity index (χ4n) is 7.00. The smallest absolute Gasteiger partial charge is 0.407 e. The molecule has 0 bridgehead atoms. The number of nitrogen functional groups attached to an aromatic ring is 1. The Balaban J connectivity index is 1.87. The molecule has 2 aromatic rings. The van der Waals surface area contributed by atoms with E-state index >= 15 is 0 Å². The van der Waals surface area contributed by atoms with Crippen LogP contribution < -0.4 is 11.1 Å². The normalized spacial score (nSPS) is 30.9. The Morgan fingerprint density at radius 2 is 1.76 bits per heavy atom. The molecule has 0 radical (unpaired) electrons. The van der Waals surface area contributed by atoms with Crippen molar-refractivity contribution in [3.8, 4) is 0 Å². The molecule has 1 amide bonds. The molecule has 0 aromatic heterocycles. The molecule has 10 nitrogen and oxygen atoms in total. The molecule has 11 heteroatoms. The highest BCUT2D eigenvalue weighted by atomic mass is 32.2. The lowest BCUT2D eigenvalue weighted by molar-refractivity contribution is -0.223. The summed E-state index contributed by atoms with van der Waals surface area (Å²) in [5, 5.41) is 2.83. The zero-order valence-corrected chi connectivity index (χ0v) is 32.7. The topological polar surface area (TPSA) is 129 Å². The van der Waals surface area contributed by atoms with Crippen molar-refractivity contribution in [1.29, 1.82) is 0 Å². The number of amides is 1. The second-order valence-corrected chi connectivity index (χ2v) is 17.4. The summed E-state index contributed by atoms with van der Waals surface area (Å²) in [5.41, 5.74) is 5.01. The van der Waals surface area contributed by atoms with Crippen molar-refractivity contribution in [2.75, 3.05) is 25.9 Å². The number of hydrogen-bond acceptors (Lipinski definition) is 8. The molecule has 2 aliphatic heterocycles. The van der Waals surface area contributed by atoms with E-state index in [9.17, 15) is 16.0 Å². The lowest BCUT2D eigenvalue weighted by Gasteiger charge is -2.52. The summed E-state index contributed by atoms with van der Waals surface area (Å²) in [5.74, 6) is -5.82. The van der Waals surface area contributed by atoms with E-state index in [0.29, 0.717) is 11.3 Å². The average molecular weight is 722 g/mol. The predicted molar refractivity (Wildman–Crippen MR) is 197 cm³/mol. The lowest BCUT2D eigenvalue weighted by Crippen LogP contribution is -2.62. The molecule has 0 saturated carbocycles. The maximum atomic E-state index is 15.0. The summed E-state index contributed by atoms with van der Waals surface area (Å²) in [7, 11) is -2.88. The van der Waals surface area contributed by atoms with E-state index in [-0.39, 0.29) is 17.4 Å². The zero-order chi connectivity index (χ0) is 43.0. The van der Waals surface area contributed by atoms with Crippen molar-refractivity contribution in [2.24, 2.45) is 17.2 Å². The van der Waals surface area contributed by atoms with Crippen molar-refractivity contribution in [3.63, 3.8) is 0 Å². The fourth-order valence-corrected chi connectivity index (χ4v) is 9.13. The van der Waals surface area contributed by atoms with Crippen LogP contribution in [0.3, 0.4) is 0 Å². The monoisotopic (exact) mass is 721 g/mol. The molecule has 0 spiro atoms. The highest BCUT2D eigenvalue weighted by molar-refractivity contribution is 7.89. The van der Waals surface area contributed by atoms with Gasteiger partial charge in [0.05, 0.1) is 33.6 Å². The van der Waals surface area contributed by atoms with Gasteiger partial charge in [0, 0.05) is 34.9 Å². The van der Waals surface area contributed by atoms with E-state index in [1.807, 2.05) is 79.7 Å². The lowest BCUT2D eigenvalue weighted by atomic mass is 9.67. The number of ether oxygens (including phenoxy) is 4. The quantitative estimate of drug-likeness (QED) is 0.208. The maximum absolute atomic E-state index is 15.0. The van der Waals surface area contributed by atoms with Gasteiger partial charge in [-0.25, -0.2) is 13.2 Å². The molecule has 6 atom stereocenters. The van der Waals surface area contributed by atoms with Gasteiger partial charge >= 0.3 is 6.09 Å². The Morgan fingerprint density at radius 3 is 2.34 bits per heavy atom. The van der Waals surface area contributed by atoms with Crippen LogP contribution in [0.4, 0.5) is 10.5 Å². The van der Waals surface area contributed by atoms with Crippen LogP contribution in [-0.4, -0.2) is 74.2 Å². The van der Waals surface area contributed by atoms with Crippen LogP contribution in [0.15, 0.2) is 47.4 Å². The van der Waals surface area contributed by atoms with E-state index in [1.165, 1.54) is 37.4 Å². The highest BCUT2D eigenvalue weighted by Crippen LogP contribution is 2.50. The number of carbonyl (C=O) groups excluding carboxylic acids is 1. The number of sulfonamides is 1. The van der Waals surface area contributed by atoms with Gasteiger partial charge in [-0.05, 0) is 101 Å². The van der Waals surface area contributed by atoms with Gasteiger partial charge in [-0.2, -0.15) is 4.31 Å². The Morgan fingerprint density at radius 1 is 1.12 bits per heavy atom. The van der Waals surface area contributed by atoms with Crippen LogP contribution >= 0.6 is 0 Å². The average Bonchev–Trinajstić information content (AvgIpc) is 3.24. The number of rotatable bonds is 13.